The molecule has 1 unspecified atom stereocenters. The topological polar surface area (TPSA) is 12.0 Å². The van der Waals surface area contributed by atoms with Crippen LogP contribution in [0.25, 0.3) is 0 Å². The van der Waals surface area contributed by atoms with E-state index >= 15 is 0 Å². The highest BCUT2D eigenvalue weighted by Gasteiger charge is 2.05. The molecule has 1 nitrogen and oxygen atoms in total. The Hall–Kier alpha value is 0.0400. The van der Waals surface area contributed by atoms with E-state index in [9.17, 15) is 0 Å². The Kier molecular flexibility index (Phi) is 6.51. The van der Waals surface area contributed by atoms with E-state index in [4.69, 9.17) is 11.6 Å². The fraction of sp³-hybridized carbons (Fsp3) is 0.538. The Morgan fingerprint density at radius 3 is 2.75 bits per heavy atom. The molecule has 0 spiro atoms. The van der Waals surface area contributed by atoms with Crippen molar-refractivity contribution in [1.82, 2.24) is 0 Å². The zero-order chi connectivity index (χ0) is 12.0. The van der Waals surface area contributed by atoms with Crippen molar-refractivity contribution in [2.24, 2.45) is 0 Å². The number of unbranched alkanes of at least 4 members (excludes halogenated alkanes) is 2. The molecule has 0 aliphatic rings. The molecule has 0 fully saturated rings. The summed E-state index contributed by atoms with van der Waals surface area (Å²) in [5, 5.41) is 4.33. The lowest BCUT2D eigenvalue weighted by molar-refractivity contribution is 0.615. The fourth-order valence-corrected chi connectivity index (χ4v) is 2.67. The summed E-state index contributed by atoms with van der Waals surface area (Å²) in [4.78, 5) is 0. The molecule has 1 atom stereocenters. The standard InChI is InChI=1S/C13H19ClIN/c1-3-4-5-6-10(2)16-13-8-7-11(14)9-12(13)15/h7-10,16H,3-6H2,1-2H3. The van der Waals surface area contributed by atoms with Gasteiger partial charge in [-0.3, -0.25) is 0 Å². The zero-order valence-corrected chi connectivity index (χ0v) is 12.8. The molecule has 0 radical (unpaired) electrons. The van der Waals surface area contributed by atoms with E-state index in [0.717, 1.165) is 5.02 Å². The summed E-state index contributed by atoms with van der Waals surface area (Å²) in [5.41, 5.74) is 1.19. The third kappa shape index (κ3) is 4.91. The minimum atomic E-state index is 0.529. The molecule has 0 saturated heterocycles. The van der Waals surface area contributed by atoms with Crippen LogP contribution in [-0.4, -0.2) is 6.04 Å². The summed E-state index contributed by atoms with van der Waals surface area (Å²) in [6.45, 7) is 4.47. The predicted molar refractivity (Wildman–Crippen MR) is 81.4 cm³/mol. The second-order valence-corrected chi connectivity index (χ2v) is 5.76. The lowest BCUT2D eigenvalue weighted by atomic mass is 10.1. The first-order valence-corrected chi connectivity index (χ1v) is 7.30. The average Bonchev–Trinajstić information content (AvgIpc) is 2.23. The zero-order valence-electron chi connectivity index (χ0n) is 9.89. The van der Waals surface area contributed by atoms with Crippen molar-refractivity contribution in [1.29, 1.82) is 0 Å². The van der Waals surface area contributed by atoms with Crippen LogP contribution in [0.1, 0.15) is 39.5 Å². The van der Waals surface area contributed by atoms with Crippen LogP contribution in [-0.2, 0) is 0 Å². The number of halogens is 2. The normalized spacial score (nSPS) is 12.5. The van der Waals surface area contributed by atoms with Gasteiger partial charge in [0, 0.05) is 20.3 Å². The quantitative estimate of drug-likeness (QED) is 0.540. The lowest BCUT2D eigenvalue weighted by Gasteiger charge is -2.16. The third-order valence-electron chi connectivity index (χ3n) is 2.57. The molecule has 0 bridgehead atoms. The van der Waals surface area contributed by atoms with Gasteiger partial charge in [0.05, 0.1) is 0 Å². The van der Waals surface area contributed by atoms with Gasteiger partial charge in [-0.2, -0.15) is 0 Å². The molecule has 16 heavy (non-hydrogen) atoms. The van der Waals surface area contributed by atoms with Crippen molar-refractivity contribution in [3.05, 3.63) is 26.8 Å². The SMILES string of the molecule is CCCCCC(C)Nc1ccc(Cl)cc1I. The number of hydrogen-bond donors (Lipinski definition) is 1. The molecule has 1 N–H and O–H groups in total. The van der Waals surface area contributed by atoms with Crippen molar-refractivity contribution < 1.29 is 0 Å². The van der Waals surface area contributed by atoms with Crippen LogP contribution in [0, 0.1) is 3.57 Å². The van der Waals surface area contributed by atoms with E-state index in [0.29, 0.717) is 6.04 Å². The van der Waals surface area contributed by atoms with E-state index in [1.807, 2.05) is 12.1 Å². The maximum absolute atomic E-state index is 5.92. The van der Waals surface area contributed by atoms with Gasteiger partial charge in [-0.25, -0.2) is 0 Å². The van der Waals surface area contributed by atoms with Gasteiger partial charge in [-0.1, -0.05) is 37.8 Å². The largest absolute Gasteiger partial charge is 0.382 e. The molecule has 0 saturated carbocycles. The molecule has 3 heteroatoms. The Bertz CT molecular complexity index is 328. The van der Waals surface area contributed by atoms with Gasteiger partial charge in [0.15, 0.2) is 0 Å². The molecule has 0 aromatic heterocycles. The van der Waals surface area contributed by atoms with E-state index in [-0.39, 0.29) is 0 Å². The van der Waals surface area contributed by atoms with E-state index in [2.05, 4.69) is 47.8 Å². The van der Waals surface area contributed by atoms with Gasteiger partial charge < -0.3 is 5.32 Å². The Morgan fingerprint density at radius 2 is 2.12 bits per heavy atom. The Morgan fingerprint density at radius 1 is 1.38 bits per heavy atom. The summed E-state index contributed by atoms with van der Waals surface area (Å²) in [6, 6.07) is 6.51. The van der Waals surface area contributed by atoms with Crippen LogP contribution in [0.2, 0.25) is 5.02 Å². The second kappa shape index (κ2) is 7.38. The van der Waals surface area contributed by atoms with Crippen LogP contribution in [0.3, 0.4) is 0 Å². The van der Waals surface area contributed by atoms with Gasteiger partial charge in [-0.15, -0.1) is 0 Å². The molecule has 1 aromatic carbocycles. The van der Waals surface area contributed by atoms with Crippen molar-refractivity contribution in [2.45, 2.75) is 45.6 Å². The highest BCUT2D eigenvalue weighted by molar-refractivity contribution is 14.1. The van der Waals surface area contributed by atoms with Gasteiger partial charge >= 0.3 is 0 Å². The number of benzene rings is 1. The minimum Gasteiger partial charge on any atom is -0.382 e. The first-order valence-electron chi connectivity index (χ1n) is 5.85. The molecular weight excluding hydrogens is 333 g/mol. The average molecular weight is 352 g/mol. The molecule has 1 aromatic rings. The molecule has 1 rings (SSSR count). The molecule has 90 valence electrons. The van der Waals surface area contributed by atoms with Crippen LogP contribution in [0.15, 0.2) is 18.2 Å². The van der Waals surface area contributed by atoms with Crippen molar-refractivity contribution in [3.8, 4) is 0 Å². The summed E-state index contributed by atoms with van der Waals surface area (Å²) < 4.78 is 1.19. The van der Waals surface area contributed by atoms with Crippen LogP contribution in [0.4, 0.5) is 5.69 Å². The number of rotatable bonds is 6. The Labute approximate surface area is 117 Å². The summed E-state index contributed by atoms with van der Waals surface area (Å²) in [6.07, 6.45) is 5.14. The first kappa shape index (κ1) is 14.1. The van der Waals surface area contributed by atoms with Crippen molar-refractivity contribution in [3.63, 3.8) is 0 Å². The highest BCUT2D eigenvalue weighted by atomic mass is 127. The van der Waals surface area contributed by atoms with Crippen LogP contribution < -0.4 is 5.32 Å². The van der Waals surface area contributed by atoms with Crippen molar-refractivity contribution in [2.75, 3.05) is 5.32 Å². The lowest BCUT2D eigenvalue weighted by Crippen LogP contribution is -2.15. The fourth-order valence-electron chi connectivity index (χ4n) is 1.64. The number of hydrogen-bond acceptors (Lipinski definition) is 1. The first-order chi connectivity index (χ1) is 7.63. The summed E-state index contributed by atoms with van der Waals surface area (Å²) >= 11 is 8.24. The van der Waals surface area contributed by atoms with Gasteiger partial charge in [-0.05, 0) is 54.1 Å². The molecular formula is C13H19ClIN. The van der Waals surface area contributed by atoms with E-state index in [1.165, 1.54) is 34.9 Å². The molecule has 0 heterocycles. The van der Waals surface area contributed by atoms with Crippen molar-refractivity contribution >= 4 is 39.9 Å². The molecule has 0 amide bonds. The van der Waals surface area contributed by atoms with Gasteiger partial charge in [0.1, 0.15) is 0 Å². The maximum Gasteiger partial charge on any atom is 0.0478 e. The smallest absolute Gasteiger partial charge is 0.0478 e. The minimum absolute atomic E-state index is 0.529. The van der Waals surface area contributed by atoms with Crippen LogP contribution >= 0.6 is 34.2 Å². The summed E-state index contributed by atoms with van der Waals surface area (Å²) in [7, 11) is 0. The molecule has 0 aliphatic heterocycles. The monoisotopic (exact) mass is 351 g/mol. The maximum atomic E-state index is 5.92. The van der Waals surface area contributed by atoms with Gasteiger partial charge in [0.25, 0.3) is 0 Å². The Balaban J connectivity index is 2.46. The van der Waals surface area contributed by atoms with E-state index < -0.39 is 0 Å². The number of nitrogens with one attached hydrogen (secondary N) is 1. The second-order valence-electron chi connectivity index (χ2n) is 4.17. The predicted octanol–water partition coefficient (Wildman–Crippen LogP) is 5.33. The van der Waals surface area contributed by atoms with E-state index in [1.54, 1.807) is 0 Å². The summed E-state index contributed by atoms with van der Waals surface area (Å²) in [5.74, 6) is 0. The van der Waals surface area contributed by atoms with Gasteiger partial charge in [0.2, 0.25) is 0 Å². The molecule has 0 aliphatic carbocycles. The van der Waals surface area contributed by atoms with Crippen LogP contribution in [0.5, 0.6) is 0 Å². The number of anilines is 1. The highest BCUT2D eigenvalue weighted by Crippen LogP contribution is 2.23. The third-order valence-corrected chi connectivity index (χ3v) is 3.70.